The number of carbonyl (C=O) groups excluding carboxylic acids is 2. The lowest BCUT2D eigenvalue weighted by atomic mass is 9.97. The fourth-order valence-corrected chi connectivity index (χ4v) is 3.66. The number of carbonyl (C=O) groups is 2. The van der Waals surface area contributed by atoms with E-state index in [-0.39, 0.29) is 32.1 Å². The van der Waals surface area contributed by atoms with Crippen molar-refractivity contribution in [2.75, 3.05) is 38.7 Å². The second kappa shape index (κ2) is 13.4. The van der Waals surface area contributed by atoms with Gasteiger partial charge in [-0.05, 0) is 43.4 Å². The van der Waals surface area contributed by atoms with Crippen LogP contribution in [0, 0.1) is 5.92 Å². The zero-order valence-electron chi connectivity index (χ0n) is 18.8. The van der Waals surface area contributed by atoms with Gasteiger partial charge in [-0.25, -0.2) is 9.78 Å². The SMILES string of the molecule is C.COCC(C)Nc1cc(C(=O)NCC2CCN(C(=O)OCc3ccccc3)CC2)ccn1. The summed E-state index contributed by atoms with van der Waals surface area (Å²) in [4.78, 5) is 30.9. The van der Waals surface area contributed by atoms with Crippen molar-refractivity contribution in [1.29, 1.82) is 0 Å². The highest BCUT2D eigenvalue weighted by atomic mass is 16.6. The Morgan fingerprint density at radius 1 is 1.18 bits per heavy atom. The van der Waals surface area contributed by atoms with Crippen molar-refractivity contribution in [3.05, 3.63) is 59.8 Å². The molecule has 180 valence electrons. The number of amides is 2. The van der Waals surface area contributed by atoms with E-state index in [4.69, 9.17) is 9.47 Å². The molecule has 3 rings (SSSR count). The molecule has 1 saturated heterocycles. The second-order valence-electron chi connectivity index (χ2n) is 8.11. The molecule has 2 heterocycles. The molecule has 2 amide bonds. The summed E-state index contributed by atoms with van der Waals surface area (Å²) in [6.07, 6.45) is 3.00. The summed E-state index contributed by atoms with van der Waals surface area (Å²) in [7, 11) is 1.65. The van der Waals surface area contributed by atoms with Gasteiger partial charge in [-0.3, -0.25) is 4.79 Å². The highest BCUT2D eigenvalue weighted by Gasteiger charge is 2.24. The zero-order chi connectivity index (χ0) is 22.8. The fourth-order valence-electron chi connectivity index (χ4n) is 3.66. The number of hydrogen-bond acceptors (Lipinski definition) is 6. The van der Waals surface area contributed by atoms with Crippen LogP contribution < -0.4 is 10.6 Å². The molecule has 1 unspecified atom stereocenters. The normalized spacial score (nSPS) is 14.7. The van der Waals surface area contributed by atoms with Crippen molar-refractivity contribution in [3.8, 4) is 0 Å². The van der Waals surface area contributed by atoms with Gasteiger partial charge in [0.05, 0.1) is 6.61 Å². The van der Waals surface area contributed by atoms with Crippen molar-refractivity contribution in [3.63, 3.8) is 0 Å². The van der Waals surface area contributed by atoms with Crippen LogP contribution in [0.25, 0.3) is 0 Å². The number of nitrogens with zero attached hydrogens (tertiary/aromatic N) is 2. The number of methoxy groups -OCH3 is 1. The number of anilines is 1. The average Bonchev–Trinajstić information content (AvgIpc) is 2.82. The number of nitrogens with one attached hydrogen (secondary N) is 2. The van der Waals surface area contributed by atoms with Crippen LogP contribution in [0.3, 0.4) is 0 Å². The molecular formula is C25H36N4O4. The van der Waals surface area contributed by atoms with Gasteiger partial charge in [0.25, 0.3) is 5.91 Å². The van der Waals surface area contributed by atoms with Crippen LogP contribution in [0.15, 0.2) is 48.7 Å². The first-order chi connectivity index (χ1) is 15.5. The third-order valence-corrected chi connectivity index (χ3v) is 5.46. The molecule has 0 bridgehead atoms. The van der Waals surface area contributed by atoms with E-state index in [1.165, 1.54) is 0 Å². The van der Waals surface area contributed by atoms with Gasteiger partial charge in [0.1, 0.15) is 12.4 Å². The lowest BCUT2D eigenvalue weighted by molar-refractivity contribution is 0.0801. The van der Waals surface area contributed by atoms with Gasteiger partial charge < -0.3 is 25.0 Å². The van der Waals surface area contributed by atoms with Gasteiger partial charge in [0, 0.05) is 44.5 Å². The number of ether oxygens (including phenoxy) is 2. The molecule has 1 atom stereocenters. The van der Waals surface area contributed by atoms with E-state index in [2.05, 4.69) is 15.6 Å². The Morgan fingerprint density at radius 2 is 1.91 bits per heavy atom. The molecule has 33 heavy (non-hydrogen) atoms. The Kier molecular flexibility index (Phi) is 10.6. The number of rotatable bonds is 9. The zero-order valence-corrected chi connectivity index (χ0v) is 18.8. The largest absolute Gasteiger partial charge is 0.445 e. The average molecular weight is 457 g/mol. The smallest absolute Gasteiger partial charge is 0.410 e. The lowest BCUT2D eigenvalue weighted by Gasteiger charge is -2.31. The monoisotopic (exact) mass is 456 g/mol. The Hall–Kier alpha value is -3.13. The number of hydrogen-bond donors (Lipinski definition) is 2. The Morgan fingerprint density at radius 3 is 2.61 bits per heavy atom. The molecule has 8 nitrogen and oxygen atoms in total. The van der Waals surface area contributed by atoms with E-state index in [0.29, 0.717) is 43.5 Å². The molecule has 8 heteroatoms. The lowest BCUT2D eigenvalue weighted by Crippen LogP contribution is -2.41. The van der Waals surface area contributed by atoms with Crippen LogP contribution in [0.5, 0.6) is 0 Å². The highest BCUT2D eigenvalue weighted by molar-refractivity contribution is 5.94. The predicted octanol–water partition coefficient (Wildman–Crippen LogP) is 3.94. The van der Waals surface area contributed by atoms with Crippen LogP contribution in [0.1, 0.15) is 43.1 Å². The summed E-state index contributed by atoms with van der Waals surface area (Å²) in [6.45, 7) is 4.67. The van der Waals surface area contributed by atoms with Crippen LogP contribution in [0.4, 0.5) is 10.6 Å². The summed E-state index contributed by atoms with van der Waals surface area (Å²) in [5.41, 5.74) is 1.54. The molecule has 1 aromatic carbocycles. The van der Waals surface area contributed by atoms with Crippen LogP contribution >= 0.6 is 0 Å². The van der Waals surface area contributed by atoms with E-state index < -0.39 is 0 Å². The minimum absolute atomic E-state index is 0. The third-order valence-electron chi connectivity index (χ3n) is 5.46. The van der Waals surface area contributed by atoms with Crippen LogP contribution in [-0.2, 0) is 16.1 Å². The number of aromatic nitrogens is 1. The molecule has 1 fully saturated rings. The van der Waals surface area contributed by atoms with Crippen molar-refractivity contribution < 1.29 is 19.1 Å². The number of piperidine rings is 1. The third kappa shape index (κ3) is 8.38. The summed E-state index contributed by atoms with van der Waals surface area (Å²) >= 11 is 0. The Balaban J connectivity index is 0.00000385. The van der Waals surface area contributed by atoms with E-state index >= 15 is 0 Å². The molecule has 0 saturated carbocycles. The predicted molar refractivity (Wildman–Crippen MR) is 129 cm³/mol. The van der Waals surface area contributed by atoms with Crippen molar-refractivity contribution in [2.24, 2.45) is 5.92 Å². The van der Waals surface area contributed by atoms with E-state index in [0.717, 1.165) is 18.4 Å². The summed E-state index contributed by atoms with van der Waals surface area (Å²) < 4.78 is 10.5. The van der Waals surface area contributed by atoms with Crippen LogP contribution in [-0.4, -0.2) is 61.3 Å². The van der Waals surface area contributed by atoms with E-state index in [1.807, 2.05) is 37.3 Å². The standard InChI is InChI=1S/C24H32N4O4.CH4/c1-18(16-31-2)27-22-14-21(8-11-25-22)23(29)26-15-19-9-12-28(13-10-19)24(30)32-17-20-6-4-3-5-7-20;/h3-8,11,14,18-19H,9-10,12-13,15-17H2,1-2H3,(H,25,27)(H,26,29);1H4. The van der Waals surface area contributed by atoms with Crippen molar-refractivity contribution in [1.82, 2.24) is 15.2 Å². The maximum absolute atomic E-state index is 12.6. The van der Waals surface area contributed by atoms with Gasteiger partial charge in [-0.15, -0.1) is 0 Å². The Labute approximate surface area is 196 Å². The molecule has 0 spiro atoms. The first kappa shape index (κ1) is 26.1. The summed E-state index contributed by atoms with van der Waals surface area (Å²) in [5.74, 6) is 0.849. The minimum Gasteiger partial charge on any atom is -0.445 e. The molecule has 2 aromatic rings. The van der Waals surface area contributed by atoms with E-state index in [1.54, 1.807) is 30.3 Å². The van der Waals surface area contributed by atoms with E-state index in [9.17, 15) is 9.59 Å². The van der Waals surface area contributed by atoms with Crippen molar-refractivity contribution >= 4 is 17.8 Å². The maximum atomic E-state index is 12.6. The molecule has 1 aromatic heterocycles. The van der Waals surface area contributed by atoms with Gasteiger partial charge in [0.15, 0.2) is 0 Å². The minimum atomic E-state index is -0.282. The number of likely N-dealkylation sites (tertiary alicyclic amines) is 1. The van der Waals surface area contributed by atoms with Gasteiger partial charge in [-0.1, -0.05) is 37.8 Å². The molecule has 2 N–H and O–H groups in total. The molecule has 1 aliphatic heterocycles. The molecular weight excluding hydrogens is 420 g/mol. The number of benzene rings is 1. The Bertz CT molecular complexity index is 870. The van der Waals surface area contributed by atoms with Gasteiger partial charge >= 0.3 is 6.09 Å². The first-order valence-electron chi connectivity index (χ1n) is 11.0. The van der Waals surface area contributed by atoms with Gasteiger partial charge in [0.2, 0.25) is 0 Å². The fraction of sp³-hybridized carbons (Fsp3) is 0.480. The summed E-state index contributed by atoms with van der Waals surface area (Å²) in [5, 5.41) is 6.23. The van der Waals surface area contributed by atoms with Gasteiger partial charge in [-0.2, -0.15) is 0 Å². The highest BCUT2D eigenvalue weighted by Crippen LogP contribution is 2.18. The number of pyridine rings is 1. The van der Waals surface area contributed by atoms with Crippen molar-refractivity contribution in [2.45, 2.75) is 39.8 Å². The maximum Gasteiger partial charge on any atom is 0.410 e. The van der Waals surface area contributed by atoms with Crippen LogP contribution in [0.2, 0.25) is 0 Å². The molecule has 1 aliphatic rings. The topological polar surface area (TPSA) is 92.8 Å². The summed E-state index contributed by atoms with van der Waals surface area (Å²) in [6, 6.07) is 13.2. The quantitative estimate of drug-likeness (QED) is 0.594. The molecule has 0 aliphatic carbocycles. The molecule has 0 radical (unpaired) electrons. The first-order valence-corrected chi connectivity index (χ1v) is 11.0. The second-order valence-corrected chi connectivity index (χ2v) is 8.11.